The van der Waals surface area contributed by atoms with Crippen molar-refractivity contribution in [2.45, 2.75) is 6.92 Å². The van der Waals surface area contributed by atoms with E-state index in [4.69, 9.17) is 21.3 Å². The zero-order valence-corrected chi connectivity index (χ0v) is 7.06. The maximum absolute atomic E-state index is 10.2. The molecule has 0 aliphatic heterocycles. The molecule has 6 N–H and O–H groups in total. The SMILES string of the molecule is CC(=N)NCNC(=N)C(=N)C(=O)O. The second kappa shape index (κ2) is 4.86. The molecule has 0 bridgehead atoms. The van der Waals surface area contributed by atoms with Crippen LogP contribution in [-0.2, 0) is 4.79 Å². The molecule has 7 heteroatoms. The molecule has 0 aromatic carbocycles. The summed E-state index contributed by atoms with van der Waals surface area (Å²) in [7, 11) is 0. The summed E-state index contributed by atoms with van der Waals surface area (Å²) in [5.41, 5.74) is -0.801. The Labute approximate surface area is 74.7 Å². The van der Waals surface area contributed by atoms with Gasteiger partial charge in [-0.05, 0) is 6.92 Å². The van der Waals surface area contributed by atoms with Gasteiger partial charge in [-0.1, -0.05) is 0 Å². The molecule has 0 rings (SSSR count). The second-order valence-electron chi connectivity index (χ2n) is 2.21. The maximum Gasteiger partial charge on any atom is 0.357 e. The van der Waals surface area contributed by atoms with Crippen LogP contribution in [0.15, 0.2) is 0 Å². The molecule has 0 aliphatic rings. The van der Waals surface area contributed by atoms with Gasteiger partial charge in [-0.15, -0.1) is 0 Å². The molecule has 0 unspecified atom stereocenters. The summed E-state index contributed by atoms with van der Waals surface area (Å²) >= 11 is 0. The Morgan fingerprint density at radius 3 is 2.23 bits per heavy atom. The zero-order valence-electron chi connectivity index (χ0n) is 7.06. The Balaban J connectivity index is 3.82. The normalized spacial score (nSPS) is 8.69. The number of carboxylic acids is 1. The highest BCUT2D eigenvalue weighted by Crippen LogP contribution is 1.74. The van der Waals surface area contributed by atoms with Crippen LogP contribution in [0.4, 0.5) is 0 Å². The van der Waals surface area contributed by atoms with Gasteiger partial charge in [0.05, 0.1) is 12.5 Å². The molecule has 0 heterocycles. The first-order valence-corrected chi connectivity index (χ1v) is 3.38. The van der Waals surface area contributed by atoms with E-state index in [9.17, 15) is 4.79 Å². The first kappa shape index (κ1) is 11.1. The standard InChI is InChI=1S/C6H11N5O2/c1-3(7)10-2-11-5(9)4(8)6(12)13/h8H,2H2,1H3,(H2,7,10)(H2,9,11)(H,12,13). The number of carbonyl (C=O) groups is 1. The van der Waals surface area contributed by atoms with Gasteiger partial charge in [0.25, 0.3) is 0 Å². The molecule has 0 radical (unpaired) electrons. The van der Waals surface area contributed by atoms with Crippen molar-refractivity contribution < 1.29 is 9.90 Å². The van der Waals surface area contributed by atoms with E-state index in [1.807, 2.05) is 0 Å². The largest absolute Gasteiger partial charge is 0.476 e. The fraction of sp³-hybridized carbons (Fsp3) is 0.333. The summed E-state index contributed by atoms with van der Waals surface area (Å²) in [5.74, 6) is -1.74. The molecule has 0 aromatic heterocycles. The molecule has 0 aromatic rings. The Bertz CT molecular complexity index is 260. The molecule has 0 saturated heterocycles. The minimum Gasteiger partial charge on any atom is -0.476 e. The van der Waals surface area contributed by atoms with Crippen molar-refractivity contribution in [2.24, 2.45) is 0 Å². The van der Waals surface area contributed by atoms with E-state index < -0.39 is 17.5 Å². The third-order valence-corrected chi connectivity index (χ3v) is 1.08. The molecular weight excluding hydrogens is 174 g/mol. The molecule has 7 nitrogen and oxygen atoms in total. The lowest BCUT2D eigenvalue weighted by Crippen LogP contribution is -2.41. The fourth-order valence-corrected chi connectivity index (χ4v) is 0.460. The molecule has 0 spiro atoms. The van der Waals surface area contributed by atoms with Crippen molar-refractivity contribution in [3.05, 3.63) is 0 Å². The first-order valence-electron chi connectivity index (χ1n) is 3.38. The fourth-order valence-electron chi connectivity index (χ4n) is 0.460. The van der Waals surface area contributed by atoms with Crippen LogP contribution in [-0.4, -0.2) is 35.1 Å². The molecule has 0 aliphatic carbocycles. The molecule has 13 heavy (non-hydrogen) atoms. The van der Waals surface area contributed by atoms with Gasteiger partial charge in [0.15, 0.2) is 11.5 Å². The quantitative estimate of drug-likeness (QED) is 0.194. The van der Waals surface area contributed by atoms with E-state index in [-0.39, 0.29) is 12.5 Å². The van der Waals surface area contributed by atoms with Gasteiger partial charge < -0.3 is 15.7 Å². The van der Waals surface area contributed by atoms with Crippen molar-refractivity contribution in [3.8, 4) is 0 Å². The van der Waals surface area contributed by atoms with Crippen molar-refractivity contribution in [3.63, 3.8) is 0 Å². The van der Waals surface area contributed by atoms with Gasteiger partial charge in [-0.25, -0.2) is 4.79 Å². The predicted molar refractivity (Wildman–Crippen MR) is 47.6 cm³/mol. The van der Waals surface area contributed by atoms with Crippen LogP contribution in [0.25, 0.3) is 0 Å². The first-order chi connectivity index (χ1) is 5.95. The van der Waals surface area contributed by atoms with E-state index in [1.54, 1.807) is 0 Å². The second-order valence-corrected chi connectivity index (χ2v) is 2.21. The number of aliphatic carboxylic acids is 1. The van der Waals surface area contributed by atoms with Gasteiger partial charge in [0.1, 0.15) is 0 Å². The van der Waals surface area contributed by atoms with Crippen LogP contribution in [0.5, 0.6) is 0 Å². The predicted octanol–water partition coefficient (Wildman–Crippen LogP) is -0.798. The Kier molecular flexibility index (Phi) is 4.14. The van der Waals surface area contributed by atoms with Gasteiger partial charge in [-0.2, -0.15) is 0 Å². The van der Waals surface area contributed by atoms with Gasteiger partial charge in [0, 0.05) is 0 Å². The number of carboxylic acid groups (broad SMARTS) is 1. The van der Waals surface area contributed by atoms with Gasteiger partial charge in [-0.3, -0.25) is 16.2 Å². The van der Waals surface area contributed by atoms with Crippen LogP contribution in [0.1, 0.15) is 6.92 Å². The zero-order chi connectivity index (χ0) is 10.4. The summed E-state index contributed by atoms with van der Waals surface area (Å²) in [5, 5.41) is 34.0. The summed E-state index contributed by atoms with van der Waals surface area (Å²) in [6.07, 6.45) is 0. The lowest BCUT2D eigenvalue weighted by molar-refractivity contribution is -0.129. The highest BCUT2D eigenvalue weighted by molar-refractivity contribution is 6.63. The number of nitrogens with one attached hydrogen (secondary N) is 5. The van der Waals surface area contributed by atoms with Crippen LogP contribution in [0.3, 0.4) is 0 Å². The summed E-state index contributed by atoms with van der Waals surface area (Å²) in [4.78, 5) is 10.2. The minimum absolute atomic E-state index is 0.0594. The average molecular weight is 185 g/mol. The van der Waals surface area contributed by atoms with Gasteiger partial charge in [0.2, 0.25) is 0 Å². The van der Waals surface area contributed by atoms with Crippen LogP contribution in [0, 0.1) is 16.2 Å². The number of hydrogen-bond donors (Lipinski definition) is 6. The lowest BCUT2D eigenvalue weighted by atomic mass is 10.3. The number of hydrogen-bond acceptors (Lipinski definition) is 4. The number of rotatable bonds is 4. The monoisotopic (exact) mass is 185 g/mol. The van der Waals surface area contributed by atoms with Crippen molar-refractivity contribution in [2.75, 3.05) is 6.67 Å². The summed E-state index contributed by atoms with van der Waals surface area (Å²) in [6, 6.07) is 0. The van der Waals surface area contributed by atoms with E-state index in [0.717, 1.165) is 0 Å². The molecule has 0 atom stereocenters. The maximum atomic E-state index is 10.2. The average Bonchev–Trinajstić information content (AvgIpc) is 2.02. The summed E-state index contributed by atoms with van der Waals surface area (Å²) < 4.78 is 0. The number of amidine groups is 2. The lowest BCUT2D eigenvalue weighted by Gasteiger charge is -2.07. The van der Waals surface area contributed by atoms with E-state index >= 15 is 0 Å². The van der Waals surface area contributed by atoms with Gasteiger partial charge >= 0.3 is 5.97 Å². The minimum atomic E-state index is -1.45. The van der Waals surface area contributed by atoms with Crippen LogP contribution < -0.4 is 10.6 Å². The third-order valence-electron chi connectivity index (χ3n) is 1.08. The van der Waals surface area contributed by atoms with E-state index in [1.165, 1.54) is 6.92 Å². The summed E-state index contributed by atoms with van der Waals surface area (Å²) in [6.45, 7) is 1.57. The molecule has 0 fully saturated rings. The molecule has 0 amide bonds. The highest BCUT2D eigenvalue weighted by atomic mass is 16.4. The van der Waals surface area contributed by atoms with Crippen LogP contribution >= 0.6 is 0 Å². The van der Waals surface area contributed by atoms with Crippen LogP contribution in [0.2, 0.25) is 0 Å². The van der Waals surface area contributed by atoms with E-state index in [2.05, 4.69) is 10.6 Å². The smallest absolute Gasteiger partial charge is 0.357 e. The Morgan fingerprint density at radius 1 is 1.31 bits per heavy atom. The topological polar surface area (TPSA) is 133 Å². The Hall–Kier alpha value is -1.92. The van der Waals surface area contributed by atoms with Crippen molar-refractivity contribution in [1.82, 2.24) is 10.6 Å². The molecular formula is C6H11N5O2. The highest BCUT2D eigenvalue weighted by Gasteiger charge is 2.11. The Morgan fingerprint density at radius 2 is 1.85 bits per heavy atom. The molecule has 0 saturated carbocycles. The van der Waals surface area contributed by atoms with Crippen molar-refractivity contribution in [1.29, 1.82) is 16.2 Å². The third kappa shape index (κ3) is 4.51. The molecule has 72 valence electrons. The van der Waals surface area contributed by atoms with Crippen molar-refractivity contribution >= 4 is 23.4 Å². The van der Waals surface area contributed by atoms with E-state index in [0.29, 0.717) is 0 Å².